The van der Waals surface area contributed by atoms with Gasteiger partial charge in [0.25, 0.3) is 0 Å². The molecule has 0 fully saturated rings. The Kier molecular flexibility index (Phi) is 5.62. The summed E-state index contributed by atoms with van der Waals surface area (Å²) >= 11 is 0. The number of hydrogen-bond acceptors (Lipinski definition) is 3. The number of rotatable bonds is 6. The molecule has 0 saturated heterocycles. The summed E-state index contributed by atoms with van der Waals surface area (Å²) in [6, 6.07) is 0.663. The van der Waals surface area contributed by atoms with Gasteiger partial charge in [-0.3, -0.25) is 4.68 Å². The van der Waals surface area contributed by atoms with Crippen LogP contribution in [0.25, 0.3) is 0 Å². The second-order valence-corrected chi connectivity index (χ2v) is 7.74. The number of aromatic nitrogens is 2. The van der Waals surface area contributed by atoms with Crippen LogP contribution in [0.15, 0.2) is 6.20 Å². The fourth-order valence-electron chi connectivity index (χ4n) is 2.64. The average molecular weight is 295 g/mol. The van der Waals surface area contributed by atoms with Gasteiger partial charge < -0.3 is 10.1 Å². The molecule has 122 valence electrons. The summed E-state index contributed by atoms with van der Waals surface area (Å²) in [4.78, 5) is 0. The lowest BCUT2D eigenvalue weighted by molar-refractivity contribution is 0.00782. The van der Waals surface area contributed by atoms with Crippen molar-refractivity contribution in [2.75, 3.05) is 7.11 Å². The maximum absolute atomic E-state index is 5.51. The van der Waals surface area contributed by atoms with Crippen LogP contribution in [0.3, 0.4) is 0 Å². The normalized spacial score (nSPS) is 16.0. The van der Waals surface area contributed by atoms with E-state index in [1.165, 1.54) is 5.56 Å². The minimum Gasteiger partial charge on any atom is -0.379 e. The Hall–Kier alpha value is -0.870. The Morgan fingerprint density at radius 2 is 1.81 bits per heavy atom. The van der Waals surface area contributed by atoms with E-state index >= 15 is 0 Å². The topological polar surface area (TPSA) is 39.1 Å². The zero-order chi connectivity index (χ0) is 16.4. The summed E-state index contributed by atoms with van der Waals surface area (Å²) < 4.78 is 7.57. The molecule has 1 aromatic rings. The lowest BCUT2D eigenvalue weighted by atomic mass is 9.98. The molecular formula is C17H33N3O. The zero-order valence-electron chi connectivity index (χ0n) is 15.2. The molecule has 1 aromatic heterocycles. The average Bonchev–Trinajstić information content (AvgIpc) is 2.70. The van der Waals surface area contributed by atoms with Crippen LogP contribution in [-0.2, 0) is 10.3 Å². The summed E-state index contributed by atoms with van der Waals surface area (Å²) in [7, 11) is 1.77. The van der Waals surface area contributed by atoms with E-state index in [9.17, 15) is 0 Å². The summed E-state index contributed by atoms with van der Waals surface area (Å²) in [6.45, 7) is 17.3. The van der Waals surface area contributed by atoms with Gasteiger partial charge in [0.05, 0.1) is 16.8 Å². The number of aryl methyl sites for hydroxylation is 1. The van der Waals surface area contributed by atoms with E-state index in [2.05, 4.69) is 76.7 Å². The van der Waals surface area contributed by atoms with Crippen molar-refractivity contribution >= 4 is 0 Å². The lowest BCUT2D eigenvalue weighted by Gasteiger charge is -2.29. The third-order valence-corrected chi connectivity index (χ3v) is 3.98. The van der Waals surface area contributed by atoms with Crippen LogP contribution in [0.5, 0.6) is 0 Å². The molecule has 0 aliphatic carbocycles. The Balaban J connectivity index is 2.76. The first kappa shape index (κ1) is 18.2. The van der Waals surface area contributed by atoms with Gasteiger partial charge in [0.15, 0.2) is 0 Å². The summed E-state index contributed by atoms with van der Waals surface area (Å²) in [5.41, 5.74) is 2.29. The van der Waals surface area contributed by atoms with E-state index < -0.39 is 0 Å². The van der Waals surface area contributed by atoms with E-state index in [-0.39, 0.29) is 17.2 Å². The molecule has 0 bridgehead atoms. The predicted molar refractivity (Wildman–Crippen MR) is 88.7 cm³/mol. The van der Waals surface area contributed by atoms with E-state index in [1.54, 1.807) is 7.11 Å². The molecule has 4 nitrogen and oxygen atoms in total. The number of nitrogens with one attached hydrogen (secondary N) is 1. The number of nitrogens with zero attached hydrogens (tertiary/aromatic N) is 2. The highest BCUT2D eigenvalue weighted by Gasteiger charge is 2.23. The molecule has 1 rings (SSSR count). The monoisotopic (exact) mass is 295 g/mol. The van der Waals surface area contributed by atoms with Gasteiger partial charge in [-0.2, -0.15) is 5.10 Å². The van der Waals surface area contributed by atoms with E-state index in [4.69, 9.17) is 4.74 Å². The number of ether oxygens (including phenoxy) is 1. The third-order valence-electron chi connectivity index (χ3n) is 3.98. The molecule has 21 heavy (non-hydrogen) atoms. The molecule has 0 aliphatic rings. The lowest BCUT2D eigenvalue weighted by Crippen LogP contribution is -2.37. The fraction of sp³-hybridized carbons (Fsp3) is 0.824. The fourth-order valence-corrected chi connectivity index (χ4v) is 2.64. The molecular weight excluding hydrogens is 262 g/mol. The van der Waals surface area contributed by atoms with Gasteiger partial charge >= 0.3 is 0 Å². The first-order valence-electron chi connectivity index (χ1n) is 7.84. The van der Waals surface area contributed by atoms with Crippen LogP contribution in [0, 0.1) is 6.92 Å². The highest BCUT2D eigenvalue weighted by molar-refractivity contribution is 5.20. The summed E-state index contributed by atoms with van der Waals surface area (Å²) in [6.07, 6.45) is 3.14. The molecule has 1 heterocycles. The van der Waals surface area contributed by atoms with Crippen LogP contribution >= 0.6 is 0 Å². The van der Waals surface area contributed by atoms with Gasteiger partial charge in [-0.1, -0.05) is 0 Å². The van der Waals surface area contributed by atoms with Crippen LogP contribution in [0.4, 0.5) is 0 Å². The van der Waals surface area contributed by atoms with E-state index in [0.717, 1.165) is 12.1 Å². The van der Waals surface area contributed by atoms with Crippen LogP contribution < -0.4 is 5.32 Å². The van der Waals surface area contributed by atoms with Crippen molar-refractivity contribution in [2.24, 2.45) is 0 Å². The predicted octanol–water partition coefficient (Wildman–Crippen LogP) is 3.80. The Morgan fingerprint density at radius 1 is 1.24 bits per heavy atom. The zero-order valence-corrected chi connectivity index (χ0v) is 15.2. The Labute approximate surface area is 130 Å². The molecule has 0 radical (unpaired) electrons. The van der Waals surface area contributed by atoms with Gasteiger partial charge in [-0.25, -0.2) is 0 Å². The third kappa shape index (κ3) is 5.11. The number of hydrogen-bond donors (Lipinski definition) is 1. The van der Waals surface area contributed by atoms with Gasteiger partial charge in [0.2, 0.25) is 0 Å². The van der Waals surface area contributed by atoms with Crippen molar-refractivity contribution in [2.45, 2.75) is 85.0 Å². The van der Waals surface area contributed by atoms with Crippen molar-refractivity contribution in [3.05, 3.63) is 17.5 Å². The molecule has 0 aliphatic heterocycles. The second-order valence-electron chi connectivity index (χ2n) is 7.74. The Morgan fingerprint density at radius 3 is 2.24 bits per heavy atom. The smallest absolute Gasteiger partial charge is 0.0641 e. The maximum atomic E-state index is 5.51. The molecule has 2 atom stereocenters. The quantitative estimate of drug-likeness (QED) is 0.867. The van der Waals surface area contributed by atoms with Crippen molar-refractivity contribution in [3.63, 3.8) is 0 Å². The largest absolute Gasteiger partial charge is 0.379 e. The SMILES string of the molecule is COC(C)(C)CC(C)NC(C)c1cn(C(C)(C)C)nc1C. The molecule has 0 saturated carbocycles. The molecule has 0 amide bonds. The van der Waals surface area contributed by atoms with Crippen molar-refractivity contribution < 1.29 is 4.74 Å². The molecule has 1 N–H and O–H groups in total. The minimum atomic E-state index is -0.100. The second kappa shape index (κ2) is 6.49. The van der Waals surface area contributed by atoms with Crippen molar-refractivity contribution in [1.82, 2.24) is 15.1 Å². The molecule has 0 aromatic carbocycles. The molecule has 0 spiro atoms. The first-order valence-corrected chi connectivity index (χ1v) is 7.84. The summed E-state index contributed by atoms with van der Waals surface area (Å²) in [5, 5.41) is 8.31. The van der Waals surface area contributed by atoms with Crippen molar-refractivity contribution in [3.8, 4) is 0 Å². The summed E-state index contributed by atoms with van der Waals surface area (Å²) in [5.74, 6) is 0. The minimum absolute atomic E-state index is 0.0202. The van der Waals surface area contributed by atoms with E-state index in [0.29, 0.717) is 6.04 Å². The standard InChI is InChI=1S/C17H33N3O/c1-12(10-17(7,8)21-9)18-13(2)15-11-20(16(4,5)6)19-14(15)3/h11-13,18H,10H2,1-9H3. The van der Waals surface area contributed by atoms with E-state index in [1.807, 2.05) is 0 Å². The van der Waals surface area contributed by atoms with Crippen LogP contribution in [0.1, 0.15) is 72.2 Å². The van der Waals surface area contributed by atoms with Gasteiger partial charge in [-0.05, 0) is 61.8 Å². The van der Waals surface area contributed by atoms with Crippen molar-refractivity contribution in [1.29, 1.82) is 0 Å². The van der Waals surface area contributed by atoms with Crippen LogP contribution in [-0.4, -0.2) is 28.5 Å². The molecule has 2 unspecified atom stereocenters. The van der Waals surface area contributed by atoms with Gasteiger partial charge in [-0.15, -0.1) is 0 Å². The molecule has 4 heteroatoms. The van der Waals surface area contributed by atoms with Gasteiger partial charge in [0.1, 0.15) is 0 Å². The first-order chi connectivity index (χ1) is 9.46. The maximum Gasteiger partial charge on any atom is 0.0641 e. The highest BCUT2D eigenvalue weighted by atomic mass is 16.5. The highest BCUT2D eigenvalue weighted by Crippen LogP contribution is 2.23. The van der Waals surface area contributed by atoms with Crippen LogP contribution in [0.2, 0.25) is 0 Å². The Bertz CT molecular complexity index is 457. The number of methoxy groups -OCH3 is 1. The van der Waals surface area contributed by atoms with Gasteiger partial charge in [0, 0.05) is 31.0 Å².